The van der Waals surface area contributed by atoms with E-state index in [9.17, 15) is 13.2 Å². The molecule has 0 aliphatic heterocycles. The number of carbonyl (C=O) groups excluding carboxylic acids is 1. The zero-order valence-corrected chi connectivity index (χ0v) is 13.9. The molecule has 3 rings (SSSR count). The van der Waals surface area contributed by atoms with Gasteiger partial charge in [0.05, 0.1) is 4.90 Å². The molecule has 2 aromatic rings. The van der Waals surface area contributed by atoms with Gasteiger partial charge in [-0.1, -0.05) is 55.5 Å². The average molecular weight is 328 g/mol. The van der Waals surface area contributed by atoms with Crippen LogP contribution in [0.2, 0.25) is 0 Å². The Morgan fingerprint density at radius 1 is 1.00 bits per heavy atom. The van der Waals surface area contributed by atoms with E-state index < -0.39 is 15.1 Å². The van der Waals surface area contributed by atoms with Crippen molar-refractivity contribution in [2.24, 2.45) is 0 Å². The van der Waals surface area contributed by atoms with Gasteiger partial charge in [0.2, 0.25) is 0 Å². The first-order valence-electron chi connectivity index (χ1n) is 7.95. The number of aryl methyl sites for hydroxylation is 1. The summed E-state index contributed by atoms with van der Waals surface area (Å²) in [5.74, 6) is -0.414. The molecule has 2 atom stereocenters. The van der Waals surface area contributed by atoms with Crippen molar-refractivity contribution in [1.29, 1.82) is 0 Å². The summed E-state index contributed by atoms with van der Waals surface area (Å²) in [5.41, 5.74) is 1.71. The average Bonchev–Trinajstić information content (AvgIpc) is 2.98. The monoisotopic (exact) mass is 328 g/mol. The topological polar surface area (TPSA) is 51.2 Å². The summed E-state index contributed by atoms with van der Waals surface area (Å²) in [7, 11) is -3.68. The maximum atomic E-state index is 13.2. The van der Waals surface area contributed by atoms with Gasteiger partial charge in [-0.25, -0.2) is 8.42 Å². The van der Waals surface area contributed by atoms with Gasteiger partial charge in [0.1, 0.15) is 5.25 Å². The third-order valence-corrected chi connectivity index (χ3v) is 6.88. The predicted octanol–water partition coefficient (Wildman–Crippen LogP) is 3.54. The summed E-state index contributed by atoms with van der Waals surface area (Å²) in [6, 6.07) is 16.5. The van der Waals surface area contributed by atoms with Crippen molar-refractivity contribution < 1.29 is 13.2 Å². The first-order chi connectivity index (χ1) is 11.1. The fourth-order valence-corrected chi connectivity index (χ4v) is 5.77. The minimum absolute atomic E-state index is 0.162. The van der Waals surface area contributed by atoms with Crippen LogP contribution >= 0.6 is 0 Å². The number of carbonyl (C=O) groups is 1. The molecule has 120 valence electrons. The number of sulfone groups is 1. The molecule has 1 fully saturated rings. The summed E-state index contributed by atoms with van der Waals surface area (Å²) in [4.78, 5) is 12.7. The van der Waals surface area contributed by atoms with Crippen molar-refractivity contribution >= 4 is 15.6 Å². The highest BCUT2D eigenvalue weighted by Gasteiger charge is 2.45. The highest BCUT2D eigenvalue weighted by Crippen LogP contribution is 2.39. The van der Waals surface area contributed by atoms with E-state index in [1.807, 2.05) is 49.4 Å². The van der Waals surface area contributed by atoms with Crippen molar-refractivity contribution in [3.63, 3.8) is 0 Å². The second-order valence-corrected chi connectivity index (χ2v) is 7.99. The molecule has 0 N–H and O–H groups in total. The van der Waals surface area contributed by atoms with E-state index in [4.69, 9.17) is 0 Å². The van der Waals surface area contributed by atoms with Crippen LogP contribution in [0.3, 0.4) is 0 Å². The molecule has 2 aromatic carbocycles. The standard InChI is InChI=1S/C19H20O3S/c1-2-14-8-6-7-11-18(14)23(21,22)19-16(12-13-17(19)20)15-9-4-3-5-10-15/h3-11,16,19H,2,12-13H2,1H3/t16-,19-/m0/s1. The molecule has 3 nitrogen and oxygen atoms in total. The van der Waals surface area contributed by atoms with E-state index in [0.29, 0.717) is 24.2 Å². The Bertz CT molecular complexity index is 810. The Balaban J connectivity index is 2.08. The minimum atomic E-state index is -3.68. The molecule has 23 heavy (non-hydrogen) atoms. The normalized spacial score (nSPS) is 21.5. The lowest BCUT2D eigenvalue weighted by Crippen LogP contribution is -2.31. The molecule has 0 bridgehead atoms. The van der Waals surface area contributed by atoms with Crippen LogP contribution in [0.4, 0.5) is 0 Å². The number of Topliss-reactive ketones (excluding diaryl/α,β-unsaturated/α-hetero) is 1. The van der Waals surface area contributed by atoms with Crippen molar-refractivity contribution in [3.05, 3.63) is 65.7 Å². The fourth-order valence-electron chi connectivity index (χ4n) is 3.46. The number of ketones is 1. The van der Waals surface area contributed by atoms with Crippen molar-refractivity contribution in [2.75, 3.05) is 0 Å². The van der Waals surface area contributed by atoms with E-state index in [-0.39, 0.29) is 11.7 Å². The lowest BCUT2D eigenvalue weighted by atomic mass is 9.97. The smallest absolute Gasteiger partial charge is 0.189 e. The summed E-state index contributed by atoms with van der Waals surface area (Å²) in [6.07, 6.45) is 1.56. The van der Waals surface area contributed by atoms with Gasteiger partial charge in [-0.2, -0.15) is 0 Å². The molecule has 0 unspecified atom stereocenters. The molecule has 1 saturated carbocycles. The quantitative estimate of drug-likeness (QED) is 0.862. The van der Waals surface area contributed by atoms with Crippen LogP contribution in [-0.4, -0.2) is 19.5 Å². The van der Waals surface area contributed by atoms with Crippen molar-refractivity contribution in [1.82, 2.24) is 0 Å². The van der Waals surface area contributed by atoms with Gasteiger partial charge in [0.25, 0.3) is 0 Å². The SMILES string of the molecule is CCc1ccccc1S(=O)(=O)[C@@H]1C(=O)CC[C@H]1c1ccccc1. The largest absolute Gasteiger partial charge is 0.298 e. The molecule has 1 aliphatic rings. The Hall–Kier alpha value is -1.94. The summed E-state index contributed by atoms with van der Waals surface area (Å²) < 4.78 is 26.4. The lowest BCUT2D eigenvalue weighted by molar-refractivity contribution is -0.117. The molecule has 0 aromatic heterocycles. The Labute approximate surface area is 137 Å². The zero-order valence-electron chi connectivity index (χ0n) is 13.1. The van der Waals surface area contributed by atoms with Gasteiger partial charge in [-0.15, -0.1) is 0 Å². The maximum Gasteiger partial charge on any atom is 0.189 e. The molecular formula is C19H20O3S. The predicted molar refractivity (Wildman–Crippen MR) is 90.2 cm³/mol. The minimum Gasteiger partial charge on any atom is -0.298 e. The van der Waals surface area contributed by atoms with Crippen LogP contribution in [0.5, 0.6) is 0 Å². The molecule has 0 spiro atoms. The number of rotatable bonds is 4. The van der Waals surface area contributed by atoms with Gasteiger partial charge in [-0.05, 0) is 30.0 Å². The van der Waals surface area contributed by atoms with Crippen LogP contribution in [-0.2, 0) is 21.1 Å². The Kier molecular flexibility index (Phi) is 4.35. The van der Waals surface area contributed by atoms with Crippen LogP contribution < -0.4 is 0 Å². The molecule has 0 radical (unpaired) electrons. The van der Waals surface area contributed by atoms with Crippen LogP contribution in [0, 0.1) is 0 Å². The van der Waals surface area contributed by atoms with Crippen LogP contribution in [0.15, 0.2) is 59.5 Å². The second-order valence-electron chi connectivity index (χ2n) is 5.95. The van der Waals surface area contributed by atoms with Gasteiger partial charge in [0.15, 0.2) is 15.6 Å². The summed E-state index contributed by atoms with van der Waals surface area (Å²) in [6.45, 7) is 1.93. The van der Waals surface area contributed by atoms with Crippen LogP contribution in [0.1, 0.15) is 36.8 Å². The third kappa shape index (κ3) is 2.83. The lowest BCUT2D eigenvalue weighted by Gasteiger charge is -2.20. The number of hydrogen-bond acceptors (Lipinski definition) is 3. The van der Waals surface area contributed by atoms with Crippen LogP contribution in [0.25, 0.3) is 0 Å². The highest BCUT2D eigenvalue weighted by molar-refractivity contribution is 7.93. The number of benzene rings is 2. The molecule has 0 saturated heterocycles. The van der Waals surface area contributed by atoms with E-state index in [0.717, 1.165) is 11.1 Å². The van der Waals surface area contributed by atoms with E-state index in [2.05, 4.69) is 0 Å². The van der Waals surface area contributed by atoms with Gasteiger partial charge in [-0.3, -0.25) is 4.79 Å². The molecular weight excluding hydrogens is 308 g/mol. The third-order valence-electron chi connectivity index (χ3n) is 4.61. The molecule has 1 aliphatic carbocycles. The number of hydrogen-bond donors (Lipinski definition) is 0. The maximum absolute atomic E-state index is 13.2. The van der Waals surface area contributed by atoms with E-state index >= 15 is 0 Å². The molecule has 0 heterocycles. The van der Waals surface area contributed by atoms with Crippen molar-refractivity contribution in [3.8, 4) is 0 Å². The van der Waals surface area contributed by atoms with Gasteiger partial charge < -0.3 is 0 Å². The summed E-state index contributed by atoms with van der Waals surface area (Å²) >= 11 is 0. The fraction of sp³-hybridized carbons (Fsp3) is 0.316. The first kappa shape index (κ1) is 15.9. The van der Waals surface area contributed by atoms with Gasteiger partial charge >= 0.3 is 0 Å². The highest BCUT2D eigenvalue weighted by atomic mass is 32.2. The Morgan fingerprint density at radius 2 is 1.65 bits per heavy atom. The first-order valence-corrected chi connectivity index (χ1v) is 9.49. The molecule has 4 heteroatoms. The van der Waals surface area contributed by atoms with E-state index in [1.165, 1.54) is 0 Å². The van der Waals surface area contributed by atoms with Gasteiger partial charge in [0, 0.05) is 12.3 Å². The second kappa shape index (κ2) is 6.28. The van der Waals surface area contributed by atoms with Crippen molar-refractivity contribution in [2.45, 2.75) is 42.2 Å². The zero-order chi connectivity index (χ0) is 16.4. The molecule has 0 amide bonds. The van der Waals surface area contributed by atoms with E-state index in [1.54, 1.807) is 12.1 Å². The Morgan fingerprint density at radius 3 is 2.35 bits per heavy atom. The summed E-state index contributed by atoms with van der Waals surface area (Å²) in [5, 5.41) is -0.961.